The largest absolute Gasteiger partial charge is 0.462 e. The number of hydrogen-bond acceptors (Lipinski definition) is 6. The predicted molar refractivity (Wildman–Crippen MR) is 330 cm³/mol. The molecule has 0 amide bonds. The number of carbonyl (C=O) groups excluding carboxylic acids is 3. The number of ether oxygens (including phenoxy) is 3. The molecule has 0 aromatic rings. The third-order valence-corrected chi connectivity index (χ3v) is 16.4. The highest BCUT2D eigenvalue weighted by molar-refractivity contribution is 5.71. The molecule has 0 aliphatic rings. The molecule has 0 aliphatic heterocycles. The number of carbonyl (C=O) groups is 3. The van der Waals surface area contributed by atoms with E-state index >= 15 is 0 Å². The van der Waals surface area contributed by atoms with Crippen LogP contribution < -0.4 is 0 Å². The fourth-order valence-corrected chi connectivity index (χ4v) is 11.1. The summed E-state index contributed by atoms with van der Waals surface area (Å²) in [4.78, 5) is 38.4. The summed E-state index contributed by atoms with van der Waals surface area (Å²) in [6.07, 6.45) is 77.0. The fourth-order valence-electron chi connectivity index (χ4n) is 11.1. The molecule has 0 rings (SSSR count). The first kappa shape index (κ1) is 74.4. The van der Waals surface area contributed by atoms with Crippen LogP contribution in [0.4, 0.5) is 0 Å². The average Bonchev–Trinajstić information content (AvgIpc) is 3.42. The van der Waals surface area contributed by atoms with Crippen molar-refractivity contribution < 1.29 is 28.6 Å². The second-order valence-corrected chi connectivity index (χ2v) is 24.2. The minimum absolute atomic E-state index is 0.0601. The van der Waals surface area contributed by atoms with Gasteiger partial charge in [-0.3, -0.25) is 14.4 Å². The molecule has 0 bridgehead atoms. The topological polar surface area (TPSA) is 78.9 Å². The van der Waals surface area contributed by atoms with Gasteiger partial charge >= 0.3 is 17.9 Å². The quantitative estimate of drug-likeness (QED) is 0.0343. The summed E-state index contributed by atoms with van der Waals surface area (Å²) >= 11 is 0. The minimum Gasteiger partial charge on any atom is -0.462 e. The van der Waals surface area contributed by atoms with Crippen LogP contribution in [-0.4, -0.2) is 37.2 Å². The third-order valence-electron chi connectivity index (χ3n) is 16.4. The summed E-state index contributed by atoms with van der Waals surface area (Å²) in [5.41, 5.74) is 0. The van der Waals surface area contributed by atoms with Gasteiger partial charge in [-0.25, -0.2) is 0 Å². The molecule has 452 valence electrons. The highest BCUT2D eigenvalue weighted by atomic mass is 16.6. The van der Waals surface area contributed by atoms with Crippen molar-refractivity contribution in [3.8, 4) is 0 Å². The first-order valence-electron chi connectivity index (χ1n) is 35.0. The van der Waals surface area contributed by atoms with Gasteiger partial charge in [0, 0.05) is 19.3 Å². The predicted octanol–water partition coefficient (Wildman–Crippen LogP) is 23.8. The maximum Gasteiger partial charge on any atom is 0.306 e. The zero-order chi connectivity index (χ0) is 55.0. The summed E-state index contributed by atoms with van der Waals surface area (Å²) in [6.45, 7) is 6.75. The highest BCUT2D eigenvalue weighted by Gasteiger charge is 2.19. The molecule has 0 aromatic heterocycles. The summed E-state index contributed by atoms with van der Waals surface area (Å²) < 4.78 is 17.0. The van der Waals surface area contributed by atoms with Crippen LogP contribution in [0.15, 0.2) is 0 Å². The average molecular weight is 1070 g/mol. The molecule has 0 radical (unpaired) electrons. The molecule has 1 atom stereocenters. The van der Waals surface area contributed by atoms with E-state index in [0.717, 1.165) is 57.8 Å². The Balaban J connectivity index is 4.24. The van der Waals surface area contributed by atoms with Crippen LogP contribution in [0.1, 0.15) is 412 Å². The van der Waals surface area contributed by atoms with Crippen LogP contribution in [0.5, 0.6) is 0 Å². The molecular weight excluding hydrogens is 937 g/mol. The van der Waals surface area contributed by atoms with E-state index in [0.29, 0.717) is 19.3 Å². The van der Waals surface area contributed by atoms with Gasteiger partial charge in [-0.15, -0.1) is 0 Å². The van der Waals surface area contributed by atoms with Crippen LogP contribution >= 0.6 is 0 Å². The molecule has 0 saturated heterocycles. The first-order valence-corrected chi connectivity index (χ1v) is 35.0. The minimum atomic E-state index is -0.763. The third kappa shape index (κ3) is 63.2. The van der Waals surface area contributed by atoms with Gasteiger partial charge in [-0.1, -0.05) is 374 Å². The molecule has 0 aliphatic carbocycles. The first-order chi connectivity index (χ1) is 37.5. The van der Waals surface area contributed by atoms with Crippen LogP contribution in [-0.2, 0) is 28.6 Å². The zero-order valence-corrected chi connectivity index (χ0v) is 52.1. The van der Waals surface area contributed by atoms with Gasteiger partial charge in [0.2, 0.25) is 0 Å². The monoisotopic (exact) mass is 1070 g/mol. The smallest absolute Gasteiger partial charge is 0.306 e. The van der Waals surface area contributed by atoms with Crippen molar-refractivity contribution in [2.24, 2.45) is 0 Å². The maximum absolute atomic E-state index is 12.9. The summed E-state index contributed by atoms with van der Waals surface area (Å²) in [5, 5.41) is 0. The van der Waals surface area contributed by atoms with Crippen LogP contribution in [0.3, 0.4) is 0 Å². The van der Waals surface area contributed by atoms with Crippen molar-refractivity contribution in [1.82, 2.24) is 0 Å². The van der Waals surface area contributed by atoms with Crippen molar-refractivity contribution in [2.45, 2.75) is 419 Å². The molecule has 0 saturated carbocycles. The normalized spacial score (nSPS) is 11.9. The molecule has 1 unspecified atom stereocenters. The second-order valence-electron chi connectivity index (χ2n) is 24.2. The Labute approximate surface area is 476 Å². The molecule has 6 nitrogen and oxygen atoms in total. The lowest BCUT2D eigenvalue weighted by molar-refractivity contribution is -0.167. The Bertz CT molecular complexity index is 1140. The van der Waals surface area contributed by atoms with Gasteiger partial charge in [0.15, 0.2) is 6.10 Å². The fraction of sp³-hybridized carbons (Fsp3) is 0.957. The Morgan fingerprint density at radius 1 is 0.211 bits per heavy atom. The van der Waals surface area contributed by atoms with Gasteiger partial charge in [-0.05, 0) is 19.3 Å². The van der Waals surface area contributed by atoms with Crippen LogP contribution in [0.2, 0.25) is 0 Å². The summed E-state index contributed by atoms with van der Waals surface area (Å²) in [7, 11) is 0. The van der Waals surface area contributed by atoms with E-state index in [1.165, 1.54) is 315 Å². The van der Waals surface area contributed by atoms with E-state index in [2.05, 4.69) is 20.8 Å². The van der Waals surface area contributed by atoms with Crippen molar-refractivity contribution in [2.75, 3.05) is 13.2 Å². The molecule has 76 heavy (non-hydrogen) atoms. The Morgan fingerprint density at radius 3 is 0.526 bits per heavy atom. The van der Waals surface area contributed by atoms with E-state index in [1.807, 2.05) is 0 Å². The zero-order valence-electron chi connectivity index (χ0n) is 52.1. The van der Waals surface area contributed by atoms with E-state index < -0.39 is 6.10 Å². The van der Waals surface area contributed by atoms with E-state index in [9.17, 15) is 14.4 Å². The number of rotatable bonds is 66. The highest BCUT2D eigenvalue weighted by Crippen LogP contribution is 2.19. The number of hydrogen-bond donors (Lipinski definition) is 0. The maximum atomic E-state index is 12.9. The van der Waals surface area contributed by atoms with E-state index in [1.54, 1.807) is 0 Å². The Hall–Kier alpha value is -1.59. The van der Waals surface area contributed by atoms with Gasteiger partial charge in [0.25, 0.3) is 0 Å². The lowest BCUT2D eigenvalue weighted by Crippen LogP contribution is -2.30. The molecule has 0 spiro atoms. The van der Waals surface area contributed by atoms with Crippen LogP contribution in [0, 0.1) is 0 Å². The SMILES string of the molecule is CCCCCCCCCCCCCCCCCCCCCCCCC(=O)OCC(COC(=O)CCCCCCCCCCCCCCCCC)OC(=O)CCCCCCCCCCCCCCCCCCCCCCC. The number of unbranched alkanes of at least 4 members (excludes halogenated alkanes) is 55. The van der Waals surface area contributed by atoms with Gasteiger partial charge in [0.05, 0.1) is 0 Å². The van der Waals surface area contributed by atoms with Crippen molar-refractivity contribution in [3.63, 3.8) is 0 Å². The van der Waals surface area contributed by atoms with Crippen LogP contribution in [0.25, 0.3) is 0 Å². The van der Waals surface area contributed by atoms with Gasteiger partial charge in [-0.2, -0.15) is 0 Å². The van der Waals surface area contributed by atoms with E-state index in [4.69, 9.17) is 14.2 Å². The van der Waals surface area contributed by atoms with Crippen molar-refractivity contribution >= 4 is 17.9 Å². The lowest BCUT2D eigenvalue weighted by Gasteiger charge is -2.18. The molecule has 0 fully saturated rings. The van der Waals surface area contributed by atoms with Crippen molar-refractivity contribution in [1.29, 1.82) is 0 Å². The standard InChI is InChI=1S/C70H136O6/c1-4-7-10-13-16-19-22-25-28-30-32-34-36-37-39-42-45-48-51-54-57-60-63-69(72)75-66-67(65-74-68(71)62-59-56-53-50-47-44-41-27-24-21-18-15-12-9-6-3)76-70(73)64-61-58-55-52-49-46-43-40-38-35-33-31-29-26-23-20-17-14-11-8-5-2/h67H,4-66H2,1-3H3. The molecule has 6 heteroatoms. The van der Waals surface area contributed by atoms with Gasteiger partial charge < -0.3 is 14.2 Å². The second kappa shape index (κ2) is 65.9. The molecule has 0 heterocycles. The molecule has 0 aromatic carbocycles. The summed E-state index contributed by atoms with van der Waals surface area (Å²) in [5.74, 6) is -0.819. The lowest BCUT2D eigenvalue weighted by atomic mass is 10.0. The molecular formula is C70H136O6. The Kier molecular flexibility index (Phi) is 64.5. The summed E-state index contributed by atoms with van der Waals surface area (Å²) in [6, 6.07) is 0. The Morgan fingerprint density at radius 2 is 0.355 bits per heavy atom. The van der Waals surface area contributed by atoms with Crippen molar-refractivity contribution in [3.05, 3.63) is 0 Å². The van der Waals surface area contributed by atoms with E-state index in [-0.39, 0.29) is 31.1 Å². The van der Waals surface area contributed by atoms with Gasteiger partial charge in [0.1, 0.15) is 13.2 Å². The number of esters is 3. The molecule has 0 N–H and O–H groups in total.